The van der Waals surface area contributed by atoms with Gasteiger partial charge in [0.25, 0.3) is 0 Å². The van der Waals surface area contributed by atoms with Crippen LogP contribution in [0.25, 0.3) is 0 Å². The topological polar surface area (TPSA) is 43.1 Å². The van der Waals surface area contributed by atoms with Crippen molar-refractivity contribution < 1.29 is 4.79 Å². The van der Waals surface area contributed by atoms with Crippen molar-refractivity contribution in [2.75, 3.05) is 5.73 Å². The fourth-order valence-electron chi connectivity index (χ4n) is 2.70. The van der Waals surface area contributed by atoms with Crippen molar-refractivity contribution in [1.29, 1.82) is 0 Å². The second kappa shape index (κ2) is 6.37. The second-order valence-electron chi connectivity index (χ2n) is 5.21. The molecule has 18 heavy (non-hydrogen) atoms. The third kappa shape index (κ3) is 3.58. The molecule has 0 unspecified atom stereocenters. The molecule has 0 saturated heterocycles. The maximum absolute atomic E-state index is 12.1. The van der Waals surface area contributed by atoms with Gasteiger partial charge in [0, 0.05) is 22.1 Å². The zero-order valence-electron chi connectivity index (χ0n) is 10.6. The highest BCUT2D eigenvalue weighted by atomic mass is 79.9. The predicted molar refractivity (Wildman–Crippen MR) is 78.7 cm³/mol. The van der Waals surface area contributed by atoms with E-state index in [1.807, 2.05) is 6.07 Å². The van der Waals surface area contributed by atoms with Crippen molar-refractivity contribution >= 4 is 27.4 Å². The molecular weight excluding hydrogens is 290 g/mol. The normalized spacial score (nSPS) is 16.7. The van der Waals surface area contributed by atoms with Gasteiger partial charge in [-0.05, 0) is 46.5 Å². The van der Waals surface area contributed by atoms with E-state index in [0.29, 0.717) is 12.1 Å². The fraction of sp³-hybridized carbons (Fsp3) is 0.533. The number of halogens is 1. The van der Waals surface area contributed by atoms with E-state index in [1.165, 1.54) is 32.1 Å². The van der Waals surface area contributed by atoms with Crippen molar-refractivity contribution in [3.05, 3.63) is 28.2 Å². The van der Waals surface area contributed by atoms with E-state index in [2.05, 4.69) is 15.9 Å². The van der Waals surface area contributed by atoms with Gasteiger partial charge in [-0.2, -0.15) is 0 Å². The van der Waals surface area contributed by atoms with Crippen LogP contribution in [0, 0.1) is 5.92 Å². The highest BCUT2D eigenvalue weighted by molar-refractivity contribution is 9.10. The highest BCUT2D eigenvalue weighted by Gasteiger charge is 2.16. The maximum atomic E-state index is 12.1. The summed E-state index contributed by atoms with van der Waals surface area (Å²) in [4.78, 5) is 12.1. The van der Waals surface area contributed by atoms with Crippen LogP contribution >= 0.6 is 15.9 Å². The molecule has 0 aromatic heterocycles. The van der Waals surface area contributed by atoms with Crippen LogP contribution in [0.5, 0.6) is 0 Å². The number of carbonyl (C=O) groups excluding carboxylic acids is 1. The van der Waals surface area contributed by atoms with E-state index in [9.17, 15) is 4.79 Å². The van der Waals surface area contributed by atoms with Gasteiger partial charge in [-0.15, -0.1) is 0 Å². The van der Waals surface area contributed by atoms with Gasteiger partial charge >= 0.3 is 0 Å². The number of Topliss-reactive ketones (excluding diaryl/α,β-unsaturated/α-hetero) is 1. The Morgan fingerprint density at radius 2 is 2.00 bits per heavy atom. The van der Waals surface area contributed by atoms with Crippen LogP contribution in [-0.4, -0.2) is 5.78 Å². The molecule has 0 atom stereocenters. The van der Waals surface area contributed by atoms with Crippen LogP contribution in [-0.2, 0) is 0 Å². The van der Waals surface area contributed by atoms with Crippen molar-refractivity contribution in [2.45, 2.75) is 44.9 Å². The molecule has 0 amide bonds. The number of rotatable bonds is 4. The van der Waals surface area contributed by atoms with Crippen LogP contribution in [0.2, 0.25) is 0 Å². The number of ketones is 1. The summed E-state index contributed by atoms with van der Waals surface area (Å²) in [5, 5.41) is 0. The van der Waals surface area contributed by atoms with E-state index in [0.717, 1.165) is 22.4 Å². The molecule has 1 aliphatic carbocycles. The van der Waals surface area contributed by atoms with Gasteiger partial charge in [-0.3, -0.25) is 4.79 Å². The zero-order chi connectivity index (χ0) is 13.0. The number of benzene rings is 1. The predicted octanol–water partition coefficient (Wildman–Crippen LogP) is 4.57. The van der Waals surface area contributed by atoms with Crippen molar-refractivity contribution in [3.63, 3.8) is 0 Å². The van der Waals surface area contributed by atoms with E-state index in [-0.39, 0.29) is 5.78 Å². The average Bonchev–Trinajstić information content (AvgIpc) is 2.37. The van der Waals surface area contributed by atoms with Gasteiger partial charge in [0.1, 0.15) is 0 Å². The molecule has 1 fully saturated rings. The molecular formula is C15H20BrNO. The number of hydrogen-bond donors (Lipinski definition) is 1. The summed E-state index contributed by atoms with van der Waals surface area (Å²) in [6, 6.07) is 5.41. The Balaban J connectivity index is 1.90. The minimum Gasteiger partial charge on any atom is -0.399 e. The Bertz CT molecular complexity index is 425. The molecule has 1 aromatic carbocycles. The van der Waals surface area contributed by atoms with Crippen molar-refractivity contribution in [2.24, 2.45) is 5.92 Å². The largest absolute Gasteiger partial charge is 0.399 e. The lowest BCUT2D eigenvalue weighted by atomic mass is 9.85. The molecule has 0 radical (unpaired) electrons. The molecule has 2 nitrogen and oxygen atoms in total. The number of nitrogens with two attached hydrogens (primary N) is 1. The standard InChI is InChI=1S/C15H20BrNO/c16-14-10-12(17)7-8-13(14)15(18)9-6-11-4-2-1-3-5-11/h7-8,10-11H,1-6,9,17H2. The smallest absolute Gasteiger partial charge is 0.164 e. The summed E-state index contributed by atoms with van der Waals surface area (Å²) in [6.07, 6.45) is 8.35. The fourth-order valence-corrected chi connectivity index (χ4v) is 3.32. The molecule has 1 aliphatic rings. The lowest BCUT2D eigenvalue weighted by molar-refractivity contribution is 0.0969. The Hall–Kier alpha value is -0.830. The van der Waals surface area contributed by atoms with Gasteiger partial charge in [0.15, 0.2) is 5.78 Å². The van der Waals surface area contributed by atoms with E-state index < -0.39 is 0 Å². The van der Waals surface area contributed by atoms with Crippen LogP contribution in [0.4, 0.5) is 5.69 Å². The van der Waals surface area contributed by atoms with Gasteiger partial charge in [0.2, 0.25) is 0 Å². The van der Waals surface area contributed by atoms with Crippen molar-refractivity contribution in [3.8, 4) is 0 Å². The molecule has 0 bridgehead atoms. The van der Waals surface area contributed by atoms with Crippen LogP contribution in [0.3, 0.4) is 0 Å². The summed E-state index contributed by atoms with van der Waals surface area (Å²) in [5.41, 5.74) is 7.13. The van der Waals surface area contributed by atoms with Crippen LogP contribution < -0.4 is 5.73 Å². The Morgan fingerprint density at radius 3 is 2.67 bits per heavy atom. The molecule has 1 aromatic rings. The third-order valence-electron chi connectivity index (χ3n) is 3.80. The summed E-state index contributed by atoms with van der Waals surface area (Å²) in [6.45, 7) is 0. The van der Waals surface area contributed by atoms with Gasteiger partial charge in [0.05, 0.1) is 0 Å². The quantitative estimate of drug-likeness (QED) is 0.653. The molecule has 2 N–H and O–H groups in total. The van der Waals surface area contributed by atoms with Gasteiger partial charge in [-0.25, -0.2) is 0 Å². The van der Waals surface area contributed by atoms with Crippen LogP contribution in [0.15, 0.2) is 22.7 Å². The molecule has 0 spiro atoms. The first-order valence-electron chi connectivity index (χ1n) is 6.75. The molecule has 98 valence electrons. The Labute approximate surface area is 117 Å². The van der Waals surface area contributed by atoms with E-state index >= 15 is 0 Å². The second-order valence-corrected chi connectivity index (χ2v) is 6.06. The number of carbonyl (C=O) groups is 1. The van der Waals surface area contributed by atoms with E-state index in [4.69, 9.17) is 5.73 Å². The summed E-state index contributed by atoms with van der Waals surface area (Å²) in [7, 11) is 0. The molecule has 1 saturated carbocycles. The molecule has 3 heteroatoms. The monoisotopic (exact) mass is 309 g/mol. The van der Waals surface area contributed by atoms with E-state index in [1.54, 1.807) is 12.1 Å². The lowest BCUT2D eigenvalue weighted by Crippen LogP contribution is -2.09. The Kier molecular flexibility index (Phi) is 4.81. The molecule has 0 aliphatic heterocycles. The van der Waals surface area contributed by atoms with Gasteiger partial charge in [-0.1, -0.05) is 32.1 Å². The Morgan fingerprint density at radius 1 is 1.28 bits per heavy atom. The number of nitrogen functional groups attached to an aromatic ring is 1. The van der Waals surface area contributed by atoms with Crippen LogP contribution in [0.1, 0.15) is 55.3 Å². The number of anilines is 1. The summed E-state index contributed by atoms with van der Waals surface area (Å²) in [5.74, 6) is 0.989. The molecule has 2 rings (SSSR count). The zero-order valence-corrected chi connectivity index (χ0v) is 12.2. The lowest BCUT2D eigenvalue weighted by Gasteiger charge is -2.21. The number of hydrogen-bond acceptors (Lipinski definition) is 2. The highest BCUT2D eigenvalue weighted by Crippen LogP contribution is 2.29. The minimum atomic E-state index is 0.229. The maximum Gasteiger partial charge on any atom is 0.164 e. The summed E-state index contributed by atoms with van der Waals surface area (Å²) >= 11 is 3.41. The molecule has 0 heterocycles. The average molecular weight is 310 g/mol. The van der Waals surface area contributed by atoms with Crippen molar-refractivity contribution in [1.82, 2.24) is 0 Å². The first-order valence-corrected chi connectivity index (χ1v) is 7.54. The summed E-state index contributed by atoms with van der Waals surface area (Å²) < 4.78 is 0.816. The minimum absolute atomic E-state index is 0.229. The first kappa shape index (κ1) is 13.6. The third-order valence-corrected chi connectivity index (χ3v) is 4.45. The first-order chi connectivity index (χ1) is 8.66. The van der Waals surface area contributed by atoms with Gasteiger partial charge < -0.3 is 5.73 Å². The SMILES string of the molecule is Nc1ccc(C(=O)CCC2CCCCC2)c(Br)c1.